The Bertz CT molecular complexity index is 957. The first-order valence-electron chi connectivity index (χ1n) is 8.73. The second-order valence-electron chi connectivity index (χ2n) is 6.12. The molecule has 0 radical (unpaired) electrons. The summed E-state index contributed by atoms with van der Waals surface area (Å²) in [5, 5.41) is 21.1. The summed E-state index contributed by atoms with van der Waals surface area (Å²) in [5.41, 5.74) is 3.01. The minimum absolute atomic E-state index is 0. The van der Waals surface area contributed by atoms with Crippen molar-refractivity contribution in [3.8, 4) is 17.0 Å². The lowest BCUT2D eigenvalue weighted by atomic mass is 10.1. The number of rotatable bonds is 8. The number of nitrogens with one attached hydrogen (secondary N) is 1. The number of ether oxygens (including phenoxy) is 1. The molecule has 1 aromatic heterocycles. The molecule has 0 amide bonds. The van der Waals surface area contributed by atoms with Crippen LogP contribution in [0.4, 0.5) is 0 Å². The summed E-state index contributed by atoms with van der Waals surface area (Å²) in [6.07, 6.45) is 0.500. The third-order valence-electron chi connectivity index (χ3n) is 4.06. The van der Waals surface area contributed by atoms with Gasteiger partial charge in [0.05, 0.1) is 5.69 Å². The fraction of sp³-hybridized carbons (Fsp3) is 0.190. The molecule has 0 aliphatic rings. The molecule has 3 rings (SSSR count). The maximum atomic E-state index is 10.7. The highest BCUT2D eigenvalue weighted by molar-refractivity contribution is 8.93. The lowest BCUT2D eigenvalue weighted by Gasteiger charge is -2.09. The van der Waals surface area contributed by atoms with Gasteiger partial charge in [-0.05, 0) is 48.4 Å². The van der Waals surface area contributed by atoms with E-state index in [0.29, 0.717) is 19.6 Å². The van der Waals surface area contributed by atoms with E-state index in [9.17, 15) is 4.79 Å². The first-order valence-corrected chi connectivity index (χ1v) is 8.73. The Morgan fingerprint density at radius 1 is 1.04 bits per heavy atom. The van der Waals surface area contributed by atoms with Gasteiger partial charge >= 0.3 is 5.97 Å². The van der Waals surface area contributed by atoms with Crippen molar-refractivity contribution in [2.45, 2.75) is 26.0 Å². The Morgan fingerprint density at radius 3 is 2.43 bits per heavy atom. The van der Waals surface area contributed by atoms with E-state index in [1.807, 2.05) is 54.6 Å². The average molecular weight is 444 g/mol. The smallest absolute Gasteiger partial charge is 0.303 e. The van der Waals surface area contributed by atoms with Gasteiger partial charge in [0.15, 0.2) is 0 Å². The number of aliphatic carboxylic acids is 1. The SMILES string of the molecule is Br.N=c1ccc(-c2ccc(OCc3ccccc3)cc2)nn1CCCC(=O)O. The van der Waals surface area contributed by atoms with Crippen LogP contribution in [0.3, 0.4) is 0 Å². The van der Waals surface area contributed by atoms with Gasteiger partial charge < -0.3 is 9.84 Å². The van der Waals surface area contributed by atoms with Crippen molar-refractivity contribution in [2.24, 2.45) is 0 Å². The molecule has 1 heterocycles. The third kappa shape index (κ3) is 6.06. The summed E-state index contributed by atoms with van der Waals surface area (Å²) < 4.78 is 7.32. The topological polar surface area (TPSA) is 88.2 Å². The van der Waals surface area contributed by atoms with E-state index < -0.39 is 5.97 Å². The van der Waals surface area contributed by atoms with E-state index >= 15 is 0 Å². The summed E-state index contributed by atoms with van der Waals surface area (Å²) in [4.78, 5) is 10.7. The van der Waals surface area contributed by atoms with Gasteiger partial charge in [-0.2, -0.15) is 5.10 Å². The maximum Gasteiger partial charge on any atom is 0.303 e. The third-order valence-corrected chi connectivity index (χ3v) is 4.06. The summed E-state index contributed by atoms with van der Waals surface area (Å²) in [5.74, 6) is -0.0709. The molecule has 6 nitrogen and oxygen atoms in total. The van der Waals surface area contributed by atoms with Crippen molar-refractivity contribution in [1.82, 2.24) is 9.78 Å². The molecule has 0 unspecified atom stereocenters. The molecule has 7 heteroatoms. The molecule has 28 heavy (non-hydrogen) atoms. The van der Waals surface area contributed by atoms with Crippen LogP contribution in [0.1, 0.15) is 18.4 Å². The van der Waals surface area contributed by atoms with Crippen molar-refractivity contribution in [3.05, 3.63) is 77.8 Å². The predicted octanol–water partition coefficient (Wildman–Crippen LogP) is 4.05. The molecule has 146 valence electrons. The Labute approximate surface area is 173 Å². The van der Waals surface area contributed by atoms with Crippen LogP contribution in [-0.2, 0) is 17.9 Å². The van der Waals surface area contributed by atoms with Crippen molar-refractivity contribution >= 4 is 23.0 Å². The molecule has 0 spiro atoms. The van der Waals surface area contributed by atoms with Crippen LogP contribution in [-0.4, -0.2) is 20.9 Å². The molecule has 0 bridgehead atoms. The van der Waals surface area contributed by atoms with Crippen LogP contribution in [0.5, 0.6) is 5.75 Å². The van der Waals surface area contributed by atoms with Crippen LogP contribution in [0.2, 0.25) is 0 Å². The van der Waals surface area contributed by atoms with Gasteiger partial charge in [0, 0.05) is 18.5 Å². The lowest BCUT2D eigenvalue weighted by Crippen LogP contribution is -2.22. The molecule has 0 fully saturated rings. The van der Waals surface area contributed by atoms with Crippen LogP contribution in [0.25, 0.3) is 11.3 Å². The van der Waals surface area contributed by atoms with Crippen molar-refractivity contribution in [3.63, 3.8) is 0 Å². The lowest BCUT2D eigenvalue weighted by molar-refractivity contribution is -0.137. The Hall–Kier alpha value is -2.93. The normalized spacial score (nSPS) is 10.1. The summed E-state index contributed by atoms with van der Waals surface area (Å²) in [6.45, 7) is 0.910. The van der Waals surface area contributed by atoms with Gasteiger partial charge in [0.25, 0.3) is 0 Å². The highest BCUT2D eigenvalue weighted by atomic mass is 79.9. The van der Waals surface area contributed by atoms with Crippen molar-refractivity contribution in [1.29, 1.82) is 5.41 Å². The number of halogens is 1. The number of hydrogen-bond donors (Lipinski definition) is 2. The second kappa shape index (κ2) is 10.4. The minimum Gasteiger partial charge on any atom is -0.489 e. The Kier molecular flexibility index (Phi) is 7.95. The van der Waals surface area contributed by atoms with Crippen molar-refractivity contribution in [2.75, 3.05) is 0 Å². The molecule has 3 aromatic rings. The quantitative estimate of drug-likeness (QED) is 0.549. The maximum absolute atomic E-state index is 10.7. The van der Waals surface area contributed by atoms with E-state index in [1.165, 1.54) is 4.68 Å². The van der Waals surface area contributed by atoms with E-state index in [1.54, 1.807) is 12.1 Å². The standard InChI is InChI=1S/C21H21N3O3.BrH/c22-20-13-12-19(23-24(20)14-4-7-21(25)26)17-8-10-18(11-9-17)27-15-16-5-2-1-3-6-16;/h1-3,5-6,8-13,22H,4,7,14-15H2,(H,25,26);1H. The molecular weight excluding hydrogens is 422 g/mol. The fourth-order valence-electron chi connectivity index (χ4n) is 2.63. The second-order valence-corrected chi connectivity index (χ2v) is 6.12. The Morgan fingerprint density at radius 2 is 1.75 bits per heavy atom. The zero-order chi connectivity index (χ0) is 19.1. The molecule has 0 aliphatic carbocycles. The predicted molar refractivity (Wildman–Crippen MR) is 111 cm³/mol. The zero-order valence-corrected chi connectivity index (χ0v) is 17.0. The van der Waals surface area contributed by atoms with Crippen molar-refractivity contribution < 1.29 is 14.6 Å². The van der Waals surface area contributed by atoms with Gasteiger partial charge in [-0.3, -0.25) is 10.2 Å². The molecule has 0 aliphatic heterocycles. The minimum atomic E-state index is -0.843. The van der Waals surface area contributed by atoms with E-state index in [0.717, 1.165) is 22.6 Å². The van der Waals surface area contributed by atoms with Crippen LogP contribution in [0.15, 0.2) is 66.7 Å². The highest BCUT2D eigenvalue weighted by Crippen LogP contribution is 2.20. The molecule has 2 aromatic carbocycles. The van der Waals surface area contributed by atoms with Crippen LogP contribution in [0, 0.1) is 5.41 Å². The molecule has 2 N–H and O–H groups in total. The van der Waals surface area contributed by atoms with Crippen LogP contribution < -0.4 is 10.2 Å². The number of aromatic nitrogens is 2. The molecule has 0 atom stereocenters. The largest absolute Gasteiger partial charge is 0.489 e. The number of nitrogens with zero attached hydrogens (tertiary/aromatic N) is 2. The van der Waals surface area contributed by atoms with E-state index in [2.05, 4.69) is 5.10 Å². The van der Waals surface area contributed by atoms with Gasteiger partial charge in [0.2, 0.25) is 0 Å². The van der Waals surface area contributed by atoms with Gasteiger partial charge in [0.1, 0.15) is 17.8 Å². The van der Waals surface area contributed by atoms with E-state index in [-0.39, 0.29) is 28.9 Å². The number of benzene rings is 2. The van der Waals surface area contributed by atoms with Gasteiger partial charge in [-0.15, -0.1) is 17.0 Å². The number of carbonyl (C=O) groups is 1. The average Bonchev–Trinajstić information content (AvgIpc) is 2.69. The van der Waals surface area contributed by atoms with E-state index in [4.69, 9.17) is 15.3 Å². The summed E-state index contributed by atoms with van der Waals surface area (Å²) in [6, 6.07) is 21.1. The van der Waals surface area contributed by atoms with Crippen LogP contribution >= 0.6 is 17.0 Å². The molecule has 0 saturated heterocycles. The first-order chi connectivity index (χ1) is 13.1. The fourth-order valence-corrected chi connectivity index (χ4v) is 2.63. The monoisotopic (exact) mass is 443 g/mol. The summed E-state index contributed by atoms with van der Waals surface area (Å²) in [7, 11) is 0. The first kappa shape index (κ1) is 21.4. The molecule has 0 saturated carbocycles. The zero-order valence-electron chi connectivity index (χ0n) is 15.2. The number of hydrogen-bond acceptors (Lipinski definition) is 4. The van der Waals surface area contributed by atoms with Gasteiger partial charge in [-0.1, -0.05) is 30.3 Å². The Balaban J connectivity index is 0.00000280. The van der Waals surface area contributed by atoms with Gasteiger partial charge in [-0.25, -0.2) is 4.68 Å². The number of carboxylic acid groups (broad SMARTS) is 1. The number of carboxylic acids is 1. The number of aryl methyl sites for hydroxylation is 1. The summed E-state index contributed by atoms with van der Waals surface area (Å²) >= 11 is 0. The highest BCUT2D eigenvalue weighted by Gasteiger charge is 2.04. The molecular formula is C21H22BrN3O3.